The summed E-state index contributed by atoms with van der Waals surface area (Å²) in [5, 5.41) is 9.53. The summed E-state index contributed by atoms with van der Waals surface area (Å²) in [4.78, 5) is 42.5. The maximum Gasteiger partial charge on any atom is 0.224 e. The van der Waals surface area contributed by atoms with E-state index in [9.17, 15) is 14.4 Å². The molecule has 6 N–H and O–H groups in total. The van der Waals surface area contributed by atoms with Crippen LogP contribution >= 0.6 is 11.3 Å². The lowest BCUT2D eigenvalue weighted by Crippen LogP contribution is -2.48. The topological polar surface area (TPSA) is 153 Å². The van der Waals surface area contributed by atoms with Gasteiger partial charge in [0.25, 0.3) is 0 Å². The maximum absolute atomic E-state index is 13.2. The molecule has 1 aromatic heterocycles. The van der Waals surface area contributed by atoms with E-state index in [0.29, 0.717) is 37.2 Å². The van der Waals surface area contributed by atoms with Crippen LogP contribution in [0, 0.1) is 11.8 Å². The van der Waals surface area contributed by atoms with Crippen molar-refractivity contribution in [3.05, 3.63) is 29.3 Å². The molecule has 0 bridgehead atoms. The molecule has 1 aliphatic carbocycles. The lowest BCUT2D eigenvalue weighted by atomic mass is 9.78. The fourth-order valence-electron chi connectivity index (χ4n) is 3.98. The number of para-hydroxylation sites is 1. The lowest BCUT2D eigenvalue weighted by Gasteiger charge is -2.29. The SMILES string of the molecule is NN=CNCCCC(NC(=O)C1CCCCC1C(N)=O)C(=O)c1nc2ccccc2s1. The average Bonchev–Trinajstić information content (AvgIpc) is 3.22. The van der Waals surface area contributed by atoms with Gasteiger partial charge in [-0.1, -0.05) is 25.0 Å². The Morgan fingerprint density at radius 1 is 1.23 bits per heavy atom. The third-order valence-corrected chi connectivity index (χ3v) is 6.64. The fourth-order valence-corrected chi connectivity index (χ4v) is 4.94. The molecule has 1 fully saturated rings. The van der Waals surface area contributed by atoms with E-state index in [4.69, 9.17) is 11.6 Å². The molecule has 2 aromatic rings. The maximum atomic E-state index is 13.2. The molecule has 3 unspecified atom stereocenters. The van der Waals surface area contributed by atoms with Gasteiger partial charge in [0, 0.05) is 18.4 Å². The minimum atomic E-state index is -0.736. The molecule has 1 aliphatic rings. The van der Waals surface area contributed by atoms with Crippen LogP contribution < -0.4 is 22.2 Å². The van der Waals surface area contributed by atoms with E-state index in [1.54, 1.807) is 0 Å². The summed E-state index contributed by atoms with van der Waals surface area (Å²) in [6.07, 6.45) is 5.34. The van der Waals surface area contributed by atoms with Crippen LogP contribution in [0.4, 0.5) is 0 Å². The summed E-state index contributed by atoms with van der Waals surface area (Å²) in [5.41, 5.74) is 6.27. The second-order valence-electron chi connectivity index (χ2n) is 7.69. The number of hydrazone groups is 1. The smallest absolute Gasteiger partial charge is 0.224 e. The second-order valence-corrected chi connectivity index (χ2v) is 8.72. The number of benzene rings is 1. The molecule has 31 heavy (non-hydrogen) atoms. The quantitative estimate of drug-likeness (QED) is 0.109. The highest BCUT2D eigenvalue weighted by Gasteiger charge is 2.36. The molecule has 1 saturated carbocycles. The summed E-state index contributed by atoms with van der Waals surface area (Å²) in [5.74, 6) is 3.10. The van der Waals surface area contributed by atoms with E-state index in [0.717, 1.165) is 23.1 Å². The molecule has 1 aromatic carbocycles. The van der Waals surface area contributed by atoms with E-state index in [1.165, 1.54) is 17.7 Å². The molecule has 1 heterocycles. The van der Waals surface area contributed by atoms with Crippen molar-refractivity contribution in [2.24, 2.45) is 28.5 Å². The molecule has 0 radical (unpaired) electrons. The zero-order valence-electron chi connectivity index (χ0n) is 17.3. The molecule has 3 rings (SSSR count). The number of amides is 2. The number of nitrogens with two attached hydrogens (primary N) is 2. The van der Waals surface area contributed by atoms with Crippen molar-refractivity contribution in [3.63, 3.8) is 0 Å². The van der Waals surface area contributed by atoms with Crippen molar-refractivity contribution in [1.82, 2.24) is 15.6 Å². The van der Waals surface area contributed by atoms with Crippen molar-refractivity contribution in [1.29, 1.82) is 0 Å². The van der Waals surface area contributed by atoms with Gasteiger partial charge in [-0.05, 0) is 37.8 Å². The van der Waals surface area contributed by atoms with Crippen molar-refractivity contribution in [3.8, 4) is 0 Å². The standard InChI is InChI=1S/C21H28N6O3S/c22-19(29)13-6-1-2-7-14(13)20(30)26-16(9-5-11-24-12-25-23)18(28)21-27-15-8-3-4-10-17(15)31-21/h3-4,8,10,12-14,16H,1-2,5-7,9,11,23H2,(H2,22,29)(H,24,25)(H,26,30). The van der Waals surface area contributed by atoms with Crippen LogP contribution in [0.3, 0.4) is 0 Å². The Labute approximate surface area is 184 Å². The van der Waals surface area contributed by atoms with Crippen molar-refractivity contribution in [2.75, 3.05) is 6.54 Å². The highest BCUT2D eigenvalue weighted by Crippen LogP contribution is 2.30. The Kier molecular flexibility index (Phi) is 7.94. The van der Waals surface area contributed by atoms with E-state index in [1.807, 2.05) is 24.3 Å². The van der Waals surface area contributed by atoms with E-state index in [2.05, 4.69) is 20.7 Å². The summed E-state index contributed by atoms with van der Waals surface area (Å²) >= 11 is 1.31. The Bertz CT molecular complexity index is 926. The van der Waals surface area contributed by atoms with Gasteiger partial charge in [-0.3, -0.25) is 14.4 Å². The van der Waals surface area contributed by atoms with Crippen LogP contribution in [-0.2, 0) is 9.59 Å². The van der Waals surface area contributed by atoms with Gasteiger partial charge in [0.2, 0.25) is 17.6 Å². The Morgan fingerprint density at radius 3 is 2.68 bits per heavy atom. The van der Waals surface area contributed by atoms with Gasteiger partial charge >= 0.3 is 0 Å². The van der Waals surface area contributed by atoms with E-state index >= 15 is 0 Å². The first kappa shape index (κ1) is 22.7. The predicted molar refractivity (Wildman–Crippen MR) is 120 cm³/mol. The van der Waals surface area contributed by atoms with Gasteiger partial charge in [-0.15, -0.1) is 11.3 Å². The highest BCUT2D eigenvalue weighted by atomic mass is 32.1. The van der Waals surface area contributed by atoms with Crippen LogP contribution in [0.1, 0.15) is 48.3 Å². The number of ketones is 1. The number of thiazole rings is 1. The molecular formula is C21H28N6O3S. The number of hydrogen-bond acceptors (Lipinski definition) is 7. The zero-order valence-corrected chi connectivity index (χ0v) is 18.1. The van der Waals surface area contributed by atoms with Gasteiger partial charge in [0.15, 0.2) is 5.01 Å². The number of hydrogen-bond donors (Lipinski definition) is 4. The normalized spacial score (nSPS) is 19.9. The summed E-state index contributed by atoms with van der Waals surface area (Å²) < 4.78 is 0.915. The highest BCUT2D eigenvalue weighted by molar-refractivity contribution is 7.20. The number of nitrogens with zero attached hydrogens (tertiary/aromatic N) is 2. The Morgan fingerprint density at radius 2 is 1.97 bits per heavy atom. The number of primary amides is 1. The van der Waals surface area contributed by atoms with Crippen LogP contribution in [0.25, 0.3) is 10.2 Å². The number of nitrogens with one attached hydrogen (secondary N) is 2. The number of rotatable bonds is 10. The van der Waals surface area contributed by atoms with Gasteiger partial charge in [0.1, 0.15) is 6.34 Å². The molecule has 9 nitrogen and oxygen atoms in total. The lowest BCUT2D eigenvalue weighted by molar-refractivity contribution is -0.135. The Hall–Kier alpha value is -3.01. The van der Waals surface area contributed by atoms with Crippen LogP contribution in [-0.4, -0.2) is 41.5 Å². The van der Waals surface area contributed by atoms with Crippen molar-refractivity contribution < 1.29 is 14.4 Å². The summed E-state index contributed by atoms with van der Waals surface area (Å²) in [6, 6.07) is 6.79. The van der Waals surface area contributed by atoms with Crippen LogP contribution in [0.15, 0.2) is 29.4 Å². The first-order chi connectivity index (χ1) is 15.0. The molecule has 2 amide bonds. The minimum absolute atomic E-state index is 0.228. The molecular weight excluding hydrogens is 416 g/mol. The van der Waals surface area contributed by atoms with Crippen molar-refractivity contribution >= 4 is 45.5 Å². The Balaban J connectivity index is 1.75. The van der Waals surface area contributed by atoms with Gasteiger partial charge in [-0.25, -0.2) is 4.98 Å². The largest absolute Gasteiger partial charge is 0.375 e. The first-order valence-electron chi connectivity index (χ1n) is 10.5. The van der Waals surface area contributed by atoms with E-state index in [-0.39, 0.29) is 11.7 Å². The molecule has 0 saturated heterocycles. The summed E-state index contributed by atoms with van der Waals surface area (Å²) in [7, 11) is 0. The fraction of sp³-hybridized carbons (Fsp3) is 0.476. The zero-order chi connectivity index (χ0) is 22.2. The summed E-state index contributed by atoms with van der Waals surface area (Å²) in [6.45, 7) is 0.549. The first-order valence-corrected chi connectivity index (χ1v) is 11.3. The molecule has 166 valence electrons. The van der Waals surface area contributed by atoms with E-state index < -0.39 is 23.8 Å². The number of fused-ring (bicyclic) bond motifs is 1. The third-order valence-electron chi connectivity index (χ3n) is 5.59. The molecule has 0 aliphatic heterocycles. The number of aromatic nitrogens is 1. The van der Waals surface area contributed by atoms with Gasteiger partial charge in [-0.2, -0.15) is 5.10 Å². The molecule has 10 heteroatoms. The monoisotopic (exact) mass is 444 g/mol. The predicted octanol–water partition coefficient (Wildman–Crippen LogP) is 1.53. The van der Waals surface area contributed by atoms with Crippen LogP contribution in [0.2, 0.25) is 0 Å². The van der Waals surface area contributed by atoms with Gasteiger partial charge < -0.3 is 22.2 Å². The molecule has 0 spiro atoms. The average molecular weight is 445 g/mol. The second kappa shape index (κ2) is 10.9. The number of Topliss-reactive ketones (excluding diaryl/α,β-unsaturated/α-hetero) is 1. The number of carbonyl (C=O) groups excluding carboxylic acids is 3. The number of carbonyl (C=O) groups is 3. The van der Waals surface area contributed by atoms with Crippen molar-refractivity contribution in [2.45, 2.75) is 44.6 Å². The van der Waals surface area contributed by atoms with Gasteiger partial charge in [0.05, 0.1) is 16.3 Å². The van der Waals surface area contributed by atoms with Crippen LogP contribution in [0.5, 0.6) is 0 Å². The molecule has 3 atom stereocenters. The third kappa shape index (κ3) is 5.78. The minimum Gasteiger partial charge on any atom is -0.375 e.